The molecule has 214 valence electrons. The molecule has 4 rings (SSSR count). The van der Waals surface area contributed by atoms with Crippen molar-refractivity contribution in [3.63, 3.8) is 0 Å². The number of aromatic nitrogens is 2. The molecule has 1 aromatic heterocycles. The lowest BCUT2D eigenvalue weighted by Crippen LogP contribution is -2.43. The van der Waals surface area contributed by atoms with Crippen molar-refractivity contribution in [1.82, 2.24) is 9.78 Å². The number of sulfonamides is 1. The summed E-state index contributed by atoms with van der Waals surface area (Å²) in [7, 11) is -4.24. The zero-order valence-corrected chi connectivity index (χ0v) is 23.3. The van der Waals surface area contributed by atoms with Gasteiger partial charge in [-0.05, 0) is 44.0 Å². The number of hydrogen-bond acceptors (Lipinski definition) is 6. The maximum absolute atomic E-state index is 14.0. The highest BCUT2D eigenvalue weighted by molar-refractivity contribution is 7.93. The Morgan fingerprint density at radius 1 is 1.27 bits per heavy atom. The Kier molecular flexibility index (Phi) is 8.99. The molecule has 1 atom stereocenters. The molecule has 3 aromatic rings. The van der Waals surface area contributed by atoms with Crippen LogP contribution in [-0.2, 0) is 21.4 Å². The van der Waals surface area contributed by atoms with E-state index in [9.17, 15) is 22.0 Å². The van der Waals surface area contributed by atoms with Crippen LogP contribution in [0.3, 0.4) is 0 Å². The normalized spacial score (nSPS) is 15.3. The number of halogens is 3. The number of carboxylic acid groups (broad SMARTS) is 1. The highest BCUT2D eigenvalue weighted by atomic mass is 35.5. The largest absolute Gasteiger partial charge is 0.486 e. The van der Waals surface area contributed by atoms with Gasteiger partial charge in [-0.2, -0.15) is 0 Å². The zero-order chi connectivity index (χ0) is 29.0. The minimum Gasteiger partial charge on any atom is -0.486 e. The van der Waals surface area contributed by atoms with E-state index in [0.717, 1.165) is 4.31 Å². The summed E-state index contributed by atoms with van der Waals surface area (Å²) in [6.45, 7) is 3.97. The van der Waals surface area contributed by atoms with Crippen LogP contribution in [0.2, 0.25) is 5.02 Å². The number of benzene rings is 2. The van der Waals surface area contributed by atoms with Crippen LogP contribution in [0.5, 0.6) is 11.6 Å². The average Bonchev–Trinajstić information content (AvgIpc) is 3.34. The highest BCUT2D eigenvalue weighted by Gasteiger charge is 2.37. The summed E-state index contributed by atoms with van der Waals surface area (Å²) in [6, 6.07) is 8.99. The summed E-state index contributed by atoms with van der Waals surface area (Å²) in [5.41, 5.74) is 0.626. The first-order valence-corrected chi connectivity index (χ1v) is 14.4. The van der Waals surface area contributed by atoms with E-state index >= 15 is 0 Å². The first-order chi connectivity index (χ1) is 19.0. The number of hydrogen-bond donors (Lipinski definition) is 1. The highest BCUT2D eigenvalue weighted by Crippen LogP contribution is 2.40. The second kappa shape index (κ2) is 12.3. The van der Waals surface area contributed by atoms with Crippen LogP contribution in [0, 0.1) is 0 Å². The molecule has 0 bridgehead atoms. The SMILES string of the molecule is CCOc1nn(CC)cc1S(=O)(=O)N1CC(CCC(=O)O)Oc2ccc(C=Cc3c(Cl)cccc3C(F)F)cc21. The summed E-state index contributed by atoms with van der Waals surface area (Å²) >= 11 is 6.17. The fourth-order valence-electron chi connectivity index (χ4n) is 4.27. The Balaban J connectivity index is 1.78. The van der Waals surface area contributed by atoms with Crippen molar-refractivity contribution in [3.8, 4) is 11.6 Å². The van der Waals surface area contributed by atoms with Gasteiger partial charge >= 0.3 is 5.97 Å². The van der Waals surface area contributed by atoms with Gasteiger partial charge in [-0.1, -0.05) is 42.0 Å². The van der Waals surface area contributed by atoms with Gasteiger partial charge in [0.05, 0.1) is 18.8 Å². The first kappa shape index (κ1) is 29.3. The van der Waals surface area contributed by atoms with Gasteiger partial charge < -0.3 is 14.6 Å². The first-order valence-electron chi connectivity index (χ1n) is 12.5. The molecule has 2 heterocycles. The van der Waals surface area contributed by atoms with Crippen LogP contribution < -0.4 is 13.8 Å². The maximum atomic E-state index is 14.0. The minimum absolute atomic E-state index is 0.0474. The molecule has 13 heteroatoms. The predicted octanol–water partition coefficient (Wildman–Crippen LogP) is 5.88. The van der Waals surface area contributed by atoms with Gasteiger partial charge in [0.15, 0.2) is 4.90 Å². The summed E-state index contributed by atoms with van der Waals surface area (Å²) in [5, 5.41) is 13.5. The van der Waals surface area contributed by atoms with Gasteiger partial charge in [0.1, 0.15) is 11.9 Å². The molecular formula is C27H28ClF2N3O6S. The van der Waals surface area contributed by atoms with Gasteiger partial charge in [0.2, 0.25) is 0 Å². The van der Waals surface area contributed by atoms with Crippen molar-refractivity contribution < 1.29 is 36.6 Å². The van der Waals surface area contributed by atoms with E-state index in [-0.39, 0.29) is 64.4 Å². The van der Waals surface area contributed by atoms with E-state index in [1.807, 2.05) is 6.92 Å². The topological polar surface area (TPSA) is 111 Å². The molecule has 0 aliphatic carbocycles. The lowest BCUT2D eigenvalue weighted by atomic mass is 10.0. The second-order valence-corrected chi connectivity index (χ2v) is 11.1. The number of anilines is 1. The summed E-state index contributed by atoms with van der Waals surface area (Å²) in [6.07, 6.45) is 0.789. The molecule has 0 saturated carbocycles. The van der Waals surface area contributed by atoms with Crippen LogP contribution in [-0.4, -0.2) is 48.5 Å². The molecule has 2 aromatic carbocycles. The summed E-state index contributed by atoms with van der Waals surface area (Å²) < 4.78 is 69.2. The monoisotopic (exact) mass is 595 g/mol. The molecule has 1 aliphatic heterocycles. The fraction of sp³-hybridized carbons (Fsp3) is 0.333. The molecule has 0 saturated heterocycles. The van der Waals surface area contributed by atoms with Crippen molar-refractivity contribution in [3.05, 3.63) is 64.3 Å². The number of ether oxygens (including phenoxy) is 2. The van der Waals surface area contributed by atoms with Gasteiger partial charge in [-0.15, -0.1) is 5.10 Å². The lowest BCUT2D eigenvalue weighted by Gasteiger charge is -2.35. The number of aliphatic carboxylic acids is 1. The zero-order valence-electron chi connectivity index (χ0n) is 21.8. The number of carboxylic acids is 1. The smallest absolute Gasteiger partial charge is 0.303 e. The van der Waals surface area contributed by atoms with Gasteiger partial charge in [-0.25, -0.2) is 17.2 Å². The Labute approximate surface area is 235 Å². The van der Waals surface area contributed by atoms with E-state index in [4.69, 9.17) is 26.2 Å². The van der Waals surface area contributed by atoms with Gasteiger partial charge in [0, 0.05) is 35.3 Å². The van der Waals surface area contributed by atoms with Crippen molar-refractivity contribution >= 4 is 45.4 Å². The Morgan fingerprint density at radius 3 is 2.73 bits per heavy atom. The Morgan fingerprint density at radius 2 is 2.05 bits per heavy atom. The quantitative estimate of drug-likeness (QED) is 0.275. The fourth-order valence-corrected chi connectivity index (χ4v) is 6.10. The number of fused-ring (bicyclic) bond motifs is 1. The van der Waals surface area contributed by atoms with E-state index < -0.39 is 28.5 Å². The number of rotatable bonds is 11. The number of aryl methyl sites for hydroxylation is 1. The standard InChI is InChI=1S/C27H28ClF2N3O6S/c1-3-32-16-24(27(31-32)38-4-2)40(36,37)33-15-18(10-13-25(34)35)39-23-12-9-17(14-22(23)33)8-11-19-20(26(29)30)6-5-7-21(19)28/h5-9,11-12,14,16,18,26H,3-4,10,13,15H2,1-2H3,(H,34,35). The van der Waals surface area contributed by atoms with E-state index in [2.05, 4.69) is 5.10 Å². The van der Waals surface area contributed by atoms with Crippen LogP contribution in [0.25, 0.3) is 12.2 Å². The van der Waals surface area contributed by atoms with Crippen molar-refractivity contribution in [1.29, 1.82) is 0 Å². The number of nitrogens with zero attached hydrogens (tertiary/aromatic N) is 3. The van der Waals surface area contributed by atoms with E-state index in [1.165, 1.54) is 35.2 Å². The molecule has 9 nitrogen and oxygen atoms in total. The third-order valence-corrected chi connectivity index (χ3v) is 8.32. The molecule has 1 unspecified atom stereocenters. The third-order valence-electron chi connectivity index (χ3n) is 6.23. The van der Waals surface area contributed by atoms with E-state index in [0.29, 0.717) is 12.1 Å². The molecule has 1 aliphatic rings. The Hall–Kier alpha value is -3.64. The van der Waals surface area contributed by atoms with Crippen LogP contribution in [0.1, 0.15) is 49.8 Å². The van der Waals surface area contributed by atoms with Crippen molar-refractivity contribution in [2.45, 2.75) is 50.7 Å². The molecule has 0 spiro atoms. The van der Waals surface area contributed by atoms with Crippen LogP contribution in [0.4, 0.5) is 14.5 Å². The van der Waals surface area contributed by atoms with E-state index in [1.54, 1.807) is 31.2 Å². The lowest BCUT2D eigenvalue weighted by molar-refractivity contribution is -0.137. The summed E-state index contributed by atoms with van der Waals surface area (Å²) in [4.78, 5) is 11.0. The predicted molar refractivity (Wildman–Crippen MR) is 147 cm³/mol. The van der Waals surface area contributed by atoms with Gasteiger partial charge in [-0.3, -0.25) is 13.8 Å². The molecule has 0 amide bonds. The molecular weight excluding hydrogens is 568 g/mol. The van der Waals surface area contributed by atoms with Crippen LogP contribution >= 0.6 is 11.6 Å². The third kappa shape index (κ3) is 6.23. The molecule has 0 fully saturated rings. The van der Waals surface area contributed by atoms with Crippen LogP contribution in [0.15, 0.2) is 47.5 Å². The maximum Gasteiger partial charge on any atom is 0.303 e. The second-order valence-electron chi connectivity index (χ2n) is 8.90. The minimum atomic E-state index is -4.24. The van der Waals surface area contributed by atoms with Gasteiger partial charge in [0.25, 0.3) is 22.3 Å². The Bertz CT molecular complexity index is 1530. The molecule has 1 N–H and O–H groups in total. The average molecular weight is 596 g/mol. The summed E-state index contributed by atoms with van der Waals surface area (Å²) in [5.74, 6) is -0.849. The number of alkyl halides is 2. The molecule has 40 heavy (non-hydrogen) atoms. The van der Waals surface area contributed by atoms with Crippen molar-refractivity contribution in [2.24, 2.45) is 0 Å². The molecule has 0 radical (unpaired) electrons. The number of carbonyl (C=O) groups is 1. The van der Waals surface area contributed by atoms with Crippen molar-refractivity contribution in [2.75, 3.05) is 17.5 Å².